The average Bonchev–Trinajstić information content (AvgIpc) is 2.46. The first-order valence-corrected chi connectivity index (χ1v) is 6.09. The zero-order chi connectivity index (χ0) is 13.8. The van der Waals surface area contributed by atoms with Gasteiger partial charge in [0.15, 0.2) is 0 Å². The molecule has 2 rings (SSSR count). The summed E-state index contributed by atoms with van der Waals surface area (Å²) in [6.45, 7) is 0. The predicted octanol–water partition coefficient (Wildman–Crippen LogP) is 1.99. The molecule has 0 aliphatic rings. The Balaban J connectivity index is 2.29. The van der Waals surface area contributed by atoms with Gasteiger partial charge in [-0.05, 0) is 24.3 Å². The molecule has 0 fully saturated rings. The van der Waals surface area contributed by atoms with Crippen molar-refractivity contribution in [2.75, 3.05) is 11.9 Å². The molecule has 2 N–H and O–H groups in total. The first-order valence-electron chi connectivity index (χ1n) is 5.68. The van der Waals surface area contributed by atoms with Gasteiger partial charge >= 0.3 is 0 Å². The highest BCUT2D eigenvalue weighted by molar-refractivity contribution is 7.80. The SMILES string of the molecule is CN(C(=O)c1ccccn1)c1cccc(C(N)=S)c1. The van der Waals surface area contributed by atoms with E-state index in [0.29, 0.717) is 10.7 Å². The van der Waals surface area contributed by atoms with Crippen molar-refractivity contribution in [3.8, 4) is 0 Å². The Kier molecular flexibility index (Phi) is 3.87. The summed E-state index contributed by atoms with van der Waals surface area (Å²) in [5, 5.41) is 0. The number of anilines is 1. The van der Waals surface area contributed by atoms with Crippen LogP contribution in [0.1, 0.15) is 16.1 Å². The average molecular weight is 271 g/mol. The third kappa shape index (κ3) is 2.95. The van der Waals surface area contributed by atoms with E-state index in [0.717, 1.165) is 11.3 Å². The molecule has 0 atom stereocenters. The third-order valence-electron chi connectivity index (χ3n) is 2.71. The van der Waals surface area contributed by atoms with Crippen LogP contribution < -0.4 is 10.6 Å². The topological polar surface area (TPSA) is 59.2 Å². The number of hydrogen-bond donors (Lipinski definition) is 1. The van der Waals surface area contributed by atoms with Gasteiger partial charge < -0.3 is 10.6 Å². The molecule has 96 valence electrons. The maximum atomic E-state index is 12.2. The minimum Gasteiger partial charge on any atom is -0.389 e. The van der Waals surface area contributed by atoms with Gasteiger partial charge in [0.1, 0.15) is 10.7 Å². The van der Waals surface area contributed by atoms with Gasteiger partial charge in [0.05, 0.1) is 0 Å². The quantitative estimate of drug-likeness (QED) is 0.867. The van der Waals surface area contributed by atoms with Gasteiger partial charge in [-0.15, -0.1) is 0 Å². The van der Waals surface area contributed by atoms with Gasteiger partial charge in [0.2, 0.25) is 0 Å². The fraction of sp³-hybridized carbons (Fsp3) is 0.0714. The molecule has 1 aromatic heterocycles. The van der Waals surface area contributed by atoms with Crippen molar-refractivity contribution in [3.63, 3.8) is 0 Å². The van der Waals surface area contributed by atoms with Crippen LogP contribution in [0.25, 0.3) is 0 Å². The number of amides is 1. The number of carbonyl (C=O) groups excluding carboxylic acids is 1. The number of carbonyl (C=O) groups is 1. The summed E-state index contributed by atoms with van der Waals surface area (Å²) in [5.74, 6) is -0.180. The Morgan fingerprint density at radius 2 is 2.05 bits per heavy atom. The molecule has 0 bridgehead atoms. The largest absolute Gasteiger partial charge is 0.389 e. The lowest BCUT2D eigenvalue weighted by Gasteiger charge is -2.17. The number of aromatic nitrogens is 1. The zero-order valence-corrected chi connectivity index (χ0v) is 11.2. The van der Waals surface area contributed by atoms with Crippen molar-refractivity contribution >= 4 is 28.8 Å². The van der Waals surface area contributed by atoms with Gasteiger partial charge in [-0.3, -0.25) is 9.78 Å². The fourth-order valence-corrected chi connectivity index (χ4v) is 1.77. The smallest absolute Gasteiger partial charge is 0.276 e. The third-order valence-corrected chi connectivity index (χ3v) is 2.94. The summed E-state index contributed by atoms with van der Waals surface area (Å²) >= 11 is 4.93. The Hall–Kier alpha value is -2.27. The van der Waals surface area contributed by atoms with E-state index in [2.05, 4.69) is 4.98 Å². The van der Waals surface area contributed by atoms with Gasteiger partial charge in [0, 0.05) is 24.5 Å². The molecule has 0 saturated heterocycles. The normalized spacial score (nSPS) is 9.95. The van der Waals surface area contributed by atoms with E-state index < -0.39 is 0 Å². The van der Waals surface area contributed by atoms with E-state index in [1.165, 1.54) is 4.90 Å². The van der Waals surface area contributed by atoms with E-state index in [-0.39, 0.29) is 5.91 Å². The summed E-state index contributed by atoms with van der Waals surface area (Å²) in [5.41, 5.74) is 7.43. The standard InChI is InChI=1S/C14H13N3OS/c1-17(14(18)12-7-2-3-8-16-12)11-6-4-5-10(9-11)13(15)19/h2-9H,1H3,(H2,15,19). The number of thiocarbonyl (C=S) groups is 1. The van der Waals surface area contributed by atoms with Crippen LogP contribution in [0.3, 0.4) is 0 Å². The molecule has 5 heteroatoms. The van der Waals surface area contributed by atoms with Crippen LogP contribution in [0.15, 0.2) is 48.7 Å². The predicted molar refractivity (Wildman–Crippen MR) is 79.3 cm³/mol. The molecule has 0 spiro atoms. The number of hydrogen-bond acceptors (Lipinski definition) is 3. The van der Waals surface area contributed by atoms with E-state index in [4.69, 9.17) is 18.0 Å². The summed E-state index contributed by atoms with van der Waals surface area (Å²) in [6.07, 6.45) is 1.59. The Morgan fingerprint density at radius 1 is 1.26 bits per heavy atom. The van der Waals surface area contributed by atoms with Gasteiger partial charge in [0.25, 0.3) is 5.91 Å². The maximum absolute atomic E-state index is 12.2. The fourth-order valence-electron chi connectivity index (χ4n) is 1.65. The molecule has 0 radical (unpaired) electrons. The van der Waals surface area contributed by atoms with Crippen LogP contribution in [0.5, 0.6) is 0 Å². The molecule has 1 amide bonds. The number of rotatable bonds is 3. The molecular weight excluding hydrogens is 258 g/mol. The van der Waals surface area contributed by atoms with E-state index in [1.807, 2.05) is 18.2 Å². The molecule has 0 aliphatic carbocycles. The van der Waals surface area contributed by atoms with Crippen LogP contribution in [0.4, 0.5) is 5.69 Å². The van der Waals surface area contributed by atoms with Crippen LogP contribution in [-0.4, -0.2) is 22.9 Å². The minimum atomic E-state index is -0.180. The Labute approximate surface area is 116 Å². The number of benzene rings is 1. The number of nitrogens with two attached hydrogens (primary N) is 1. The Bertz CT molecular complexity index is 613. The molecule has 0 aliphatic heterocycles. The van der Waals surface area contributed by atoms with Crippen molar-refractivity contribution in [3.05, 3.63) is 59.9 Å². The minimum absolute atomic E-state index is 0.180. The summed E-state index contributed by atoms with van der Waals surface area (Å²) in [7, 11) is 1.69. The van der Waals surface area contributed by atoms with Crippen LogP contribution >= 0.6 is 12.2 Å². The lowest BCUT2D eigenvalue weighted by atomic mass is 10.2. The lowest BCUT2D eigenvalue weighted by Crippen LogP contribution is -2.27. The monoisotopic (exact) mass is 271 g/mol. The van der Waals surface area contributed by atoms with Crippen molar-refractivity contribution in [1.82, 2.24) is 4.98 Å². The van der Waals surface area contributed by atoms with Crippen LogP contribution in [0.2, 0.25) is 0 Å². The summed E-state index contributed by atoms with van der Waals surface area (Å²) < 4.78 is 0. The second kappa shape index (κ2) is 5.58. The molecule has 2 aromatic rings. The van der Waals surface area contributed by atoms with Gasteiger partial charge in [-0.2, -0.15) is 0 Å². The second-order valence-electron chi connectivity index (χ2n) is 3.99. The molecule has 1 aromatic carbocycles. The number of pyridine rings is 1. The van der Waals surface area contributed by atoms with Crippen molar-refractivity contribution in [2.45, 2.75) is 0 Å². The van der Waals surface area contributed by atoms with Crippen molar-refractivity contribution < 1.29 is 4.79 Å². The second-order valence-corrected chi connectivity index (χ2v) is 4.43. The lowest BCUT2D eigenvalue weighted by molar-refractivity contribution is 0.0988. The first kappa shape index (κ1) is 13.2. The molecule has 4 nitrogen and oxygen atoms in total. The molecule has 19 heavy (non-hydrogen) atoms. The van der Waals surface area contributed by atoms with Gasteiger partial charge in [-0.1, -0.05) is 30.4 Å². The molecule has 0 saturated carbocycles. The summed E-state index contributed by atoms with van der Waals surface area (Å²) in [6, 6.07) is 12.4. The summed E-state index contributed by atoms with van der Waals surface area (Å²) in [4.78, 5) is 18.1. The highest BCUT2D eigenvalue weighted by Crippen LogP contribution is 2.16. The number of nitrogens with zero attached hydrogens (tertiary/aromatic N) is 2. The van der Waals surface area contributed by atoms with Crippen molar-refractivity contribution in [2.24, 2.45) is 5.73 Å². The maximum Gasteiger partial charge on any atom is 0.276 e. The highest BCUT2D eigenvalue weighted by atomic mass is 32.1. The molecular formula is C14H13N3OS. The highest BCUT2D eigenvalue weighted by Gasteiger charge is 2.14. The van der Waals surface area contributed by atoms with Crippen molar-refractivity contribution in [1.29, 1.82) is 0 Å². The van der Waals surface area contributed by atoms with E-state index in [9.17, 15) is 4.79 Å². The van der Waals surface area contributed by atoms with Crippen LogP contribution in [-0.2, 0) is 0 Å². The molecule has 1 heterocycles. The zero-order valence-electron chi connectivity index (χ0n) is 10.4. The van der Waals surface area contributed by atoms with E-state index in [1.54, 1.807) is 37.5 Å². The molecule has 0 unspecified atom stereocenters. The van der Waals surface area contributed by atoms with Gasteiger partial charge in [-0.25, -0.2) is 0 Å². The first-order chi connectivity index (χ1) is 9.09. The Morgan fingerprint density at radius 3 is 2.68 bits per heavy atom. The van der Waals surface area contributed by atoms with Crippen LogP contribution in [0, 0.1) is 0 Å². The van der Waals surface area contributed by atoms with E-state index >= 15 is 0 Å².